The molecular weight excluding hydrogens is 262 g/mol. The van der Waals surface area contributed by atoms with E-state index in [1.165, 1.54) is 12.8 Å². The van der Waals surface area contributed by atoms with Gasteiger partial charge in [0.25, 0.3) is 0 Å². The second-order valence-corrected chi connectivity index (χ2v) is 5.45. The molecule has 0 aliphatic heterocycles. The van der Waals surface area contributed by atoms with E-state index in [2.05, 4.69) is 11.8 Å². The third-order valence-corrected chi connectivity index (χ3v) is 4.00. The Bertz CT molecular complexity index is 509. The highest BCUT2D eigenvalue weighted by Crippen LogP contribution is 2.39. The summed E-state index contributed by atoms with van der Waals surface area (Å²) >= 11 is 6.29. The van der Waals surface area contributed by atoms with E-state index in [4.69, 9.17) is 16.7 Å². The van der Waals surface area contributed by atoms with Crippen molar-refractivity contribution < 1.29 is 9.90 Å². The summed E-state index contributed by atoms with van der Waals surface area (Å²) in [6.45, 7) is 2.19. The van der Waals surface area contributed by atoms with Crippen molar-refractivity contribution in [2.45, 2.75) is 25.8 Å². The Balaban J connectivity index is 2.33. The van der Waals surface area contributed by atoms with Gasteiger partial charge in [0, 0.05) is 19.2 Å². The Morgan fingerprint density at radius 3 is 2.79 bits per heavy atom. The lowest BCUT2D eigenvalue weighted by Gasteiger charge is -2.29. The SMILES string of the molecule is CC(C1CC1)N(C)c1c(Cl)cccc1/C=C/C(=O)O. The Hall–Kier alpha value is -1.48. The van der Waals surface area contributed by atoms with Crippen molar-refractivity contribution in [3.05, 3.63) is 34.9 Å². The van der Waals surface area contributed by atoms with Crippen molar-refractivity contribution in [1.82, 2.24) is 0 Å². The first kappa shape index (κ1) is 13.9. The predicted molar refractivity (Wildman–Crippen MR) is 78.7 cm³/mol. The van der Waals surface area contributed by atoms with Crippen LogP contribution in [0.5, 0.6) is 0 Å². The van der Waals surface area contributed by atoms with Crippen molar-refractivity contribution in [3.63, 3.8) is 0 Å². The molecule has 1 aromatic carbocycles. The Morgan fingerprint density at radius 1 is 1.53 bits per heavy atom. The zero-order valence-electron chi connectivity index (χ0n) is 11.1. The second-order valence-electron chi connectivity index (χ2n) is 5.04. The molecule has 1 aliphatic carbocycles. The van der Waals surface area contributed by atoms with E-state index >= 15 is 0 Å². The molecule has 1 unspecified atom stereocenters. The van der Waals surface area contributed by atoms with Crippen LogP contribution in [-0.2, 0) is 4.79 Å². The summed E-state index contributed by atoms with van der Waals surface area (Å²) in [5.41, 5.74) is 1.74. The van der Waals surface area contributed by atoms with E-state index in [9.17, 15) is 4.79 Å². The monoisotopic (exact) mass is 279 g/mol. The van der Waals surface area contributed by atoms with Gasteiger partial charge in [0.2, 0.25) is 0 Å². The fraction of sp³-hybridized carbons (Fsp3) is 0.400. The molecule has 1 aliphatic rings. The molecule has 3 nitrogen and oxygen atoms in total. The number of hydrogen-bond acceptors (Lipinski definition) is 2. The molecule has 1 saturated carbocycles. The fourth-order valence-electron chi connectivity index (χ4n) is 2.30. The molecule has 1 aromatic rings. The molecule has 1 atom stereocenters. The molecule has 0 radical (unpaired) electrons. The summed E-state index contributed by atoms with van der Waals surface area (Å²) in [5.74, 6) is -0.235. The van der Waals surface area contributed by atoms with Gasteiger partial charge in [0.15, 0.2) is 0 Å². The summed E-state index contributed by atoms with van der Waals surface area (Å²) in [5, 5.41) is 9.40. The molecule has 4 heteroatoms. The van der Waals surface area contributed by atoms with Crippen LogP contribution in [0.15, 0.2) is 24.3 Å². The van der Waals surface area contributed by atoms with E-state index in [-0.39, 0.29) is 0 Å². The first-order chi connectivity index (χ1) is 9.00. The number of anilines is 1. The van der Waals surface area contributed by atoms with Crippen LogP contribution in [0.3, 0.4) is 0 Å². The van der Waals surface area contributed by atoms with E-state index in [0.717, 1.165) is 23.2 Å². The van der Waals surface area contributed by atoms with Crippen LogP contribution >= 0.6 is 11.6 Å². The quantitative estimate of drug-likeness (QED) is 0.836. The zero-order chi connectivity index (χ0) is 14.0. The van der Waals surface area contributed by atoms with Gasteiger partial charge in [0.05, 0.1) is 10.7 Å². The summed E-state index contributed by atoms with van der Waals surface area (Å²) in [7, 11) is 2.02. The number of carboxylic acid groups (broad SMARTS) is 1. The highest BCUT2D eigenvalue weighted by Gasteiger charge is 2.31. The minimum absolute atomic E-state index is 0.414. The highest BCUT2D eigenvalue weighted by molar-refractivity contribution is 6.33. The van der Waals surface area contributed by atoms with Gasteiger partial charge in [-0.25, -0.2) is 4.79 Å². The molecule has 2 rings (SSSR count). The van der Waals surface area contributed by atoms with Gasteiger partial charge in [-0.3, -0.25) is 0 Å². The molecule has 1 N–H and O–H groups in total. The van der Waals surface area contributed by atoms with Crippen molar-refractivity contribution in [1.29, 1.82) is 0 Å². The first-order valence-electron chi connectivity index (χ1n) is 6.43. The normalized spacial score (nSPS) is 16.6. The van der Waals surface area contributed by atoms with Gasteiger partial charge >= 0.3 is 5.97 Å². The van der Waals surface area contributed by atoms with Gasteiger partial charge in [-0.2, -0.15) is 0 Å². The summed E-state index contributed by atoms with van der Waals surface area (Å²) < 4.78 is 0. The van der Waals surface area contributed by atoms with Crippen LogP contribution in [0.4, 0.5) is 5.69 Å². The number of para-hydroxylation sites is 1. The summed E-state index contributed by atoms with van der Waals surface area (Å²) in [4.78, 5) is 12.8. The fourth-order valence-corrected chi connectivity index (χ4v) is 2.61. The van der Waals surface area contributed by atoms with Crippen LogP contribution < -0.4 is 4.90 Å². The molecule has 102 valence electrons. The molecule has 0 spiro atoms. The van der Waals surface area contributed by atoms with Crippen LogP contribution in [0.2, 0.25) is 5.02 Å². The average molecular weight is 280 g/mol. The number of carbonyl (C=O) groups is 1. The number of nitrogens with zero attached hydrogens (tertiary/aromatic N) is 1. The Labute approximate surface area is 118 Å². The van der Waals surface area contributed by atoms with Crippen molar-refractivity contribution in [2.24, 2.45) is 5.92 Å². The van der Waals surface area contributed by atoms with Crippen molar-refractivity contribution in [3.8, 4) is 0 Å². The van der Waals surface area contributed by atoms with Gasteiger partial charge in [-0.15, -0.1) is 0 Å². The summed E-state index contributed by atoms with van der Waals surface area (Å²) in [6, 6.07) is 5.97. The molecule has 0 amide bonds. The number of halogens is 1. The number of benzene rings is 1. The molecule has 1 fully saturated rings. The van der Waals surface area contributed by atoms with Crippen LogP contribution in [0, 0.1) is 5.92 Å². The topological polar surface area (TPSA) is 40.5 Å². The largest absolute Gasteiger partial charge is 0.478 e. The molecule has 0 bridgehead atoms. The van der Waals surface area contributed by atoms with Crippen molar-refractivity contribution >= 4 is 29.3 Å². The van der Waals surface area contributed by atoms with Crippen LogP contribution in [0.1, 0.15) is 25.3 Å². The average Bonchev–Trinajstić information content (AvgIpc) is 3.19. The smallest absolute Gasteiger partial charge is 0.328 e. The summed E-state index contributed by atoms with van der Waals surface area (Å²) in [6.07, 6.45) is 5.26. The standard InChI is InChI=1S/C15H18ClNO2/c1-10(11-6-7-11)17(2)15-12(8-9-14(18)19)4-3-5-13(15)16/h3-5,8-11H,6-7H2,1-2H3,(H,18,19)/b9-8+. The van der Waals surface area contributed by atoms with E-state index in [0.29, 0.717) is 11.1 Å². The van der Waals surface area contributed by atoms with Crippen LogP contribution in [0.25, 0.3) is 6.08 Å². The van der Waals surface area contributed by atoms with E-state index in [1.54, 1.807) is 6.08 Å². The number of aliphatic carboxylic acids is 1. The molecule has 0 heterocycles. The molecule has 0 aromatic heterocycles. The maximum atomic E-state index is 10.7. The first-order valence-corrected chi connectivity index (χ1v) is 6.81. The number of rotatable bonds is 5. The minimum atomic E-state index is -0.955. The van der Waals surface area contributed by atoms with E-state index in [1.807, 2.05) is 25.2 Å². The maximum absolute atomic E-state index is 10.7. The van der Waals surface area contributed by atoms with E-state index < -0.39 is 5.97 Å². The molecular formula is C15H18ClNO2. The van der Waals surface area contributed by atoms with Gasteiger partial charge in [0.1, 0.15) is 0 Å². The third kappa shape index (κ3) is 3.29. The molecule has 19 heavy (non-hydrogen) atoms. The Kier molecular flexibility index (Phi) is 4.15. The lowest BCUT2D eigenvalue weighted by Crippen LogP contribution is -2.31. The Morgan fingerprint density at radius 2 is 2.21 bits per heavy atom. The maximum Gasteiger partial charge on any atom is 0.328 e. The molecule has 0 saturated heterocycles. The zero-order valence-corrected chi connectivity index (χ0v) is 11.9. The predicted octanol–water partition coefficient (Wildman–Crippen LogP) is 3.67. The highest BCUT2D eigenvalue weighted by atomic mass is 35.5. The number of hydrogen-bond donors (Lipinski definition) is 1. The van der Waals surface area contributed by atoms with Gasteiger partial charge in [-0.05, 0) is 43.4 Å². The van der Waals surface area contributed by atoms with Gasteiger partial charge in [-0.1, -0.05) is 23.7 Å². The second kappa shape index (κ2) is 5.66. The van der Waals surface area contributed by atoms with Crippen molar-refractivity contribution in [2.75, 3.05) is 11.9 Å². The lowest BCUT2D eigenvalue weighted by atomic mass is 10.1. The minimum Gasteiger partial charge on any atom is -0.478 e. The van der Waals surface area contributed by atoms with Crippen LogP contribution in [-0.4, -0.2) is 24.2 Å². The third-order valence-electron chi connectivity index (χ3n) is 3.69. The number of carboxylic acids is 1. The lowest BCUT2D eigenvalue weighted by molar-refractivity contribution is -0.131. The van der Waals surface area contributed by atoms with Gasteiger partial charge < -0.3 is 10.0 Å².